The zero-order valence-electron chi connectivity index (χ0n) is 12.4. The minimum atomic E-state index is -0.843. The summed E-state index contributed by atoms with van der Waals surface area (Å²) in [6.07, 6.45) is 2.93. The highest BCUT2D eigenvalue weighted by Crippen LogP contribution is 2.24. The molecule has 0 aromatic carbocycles. The summed E-state index contributed by atoms with van der Waals surface area (Å²) in [7, 11) is 0. The molecule has 1 aliphatic heterocycles. The number of carbonyl (C=O) groups excluding carboxylic acids is 1. The summed E-state index contributed by atoms with van der Waals surface area (Å²) in [5, 5.41) is 14.5. The van der Waals surface area contributed by atoms with E-state index < -0.39 is 11.9 Å². The van der Waals surface area contributed by atoms with Crippen LogP contribution in [0.15, 0.2) is 28.2 Å². The van der Waals surface area contributed by atoms with Crippen LogP contribution in [0.1, 0.15) is 18.5 Å². The molecule has 7 nitrogen and oxygen atoms in total. The van der Waals surface area contributed by atoms with Crippen molar-refractivity contribution in [2.24, 2.45) is 5.92 Å². The first-order valence-electron chi connectivity index (χ1n) is 7.37. The Morgan fingerprint density at radius 2 is 2.39 bits per heavy atom. The topological polar surface area (TPSA) is 95.7 Å². The summed E-state index contributed by atoms with van der Waals surface area (Å²) in [4.78, 5) is 29.2. The largest absolute Gasteiger partial charge is 0.481 e. The van der Waals surface area contributed by atoms with E-state index in [1.54, 1.807) is 17.2 Å². The number of nitrogens with one attached hydrogen (secondary N) is 1. The molecule has 8 heteroatoms. The third-order valence-corrected chi connectivity index (χ3v) is 4.67. The SMILES string of the molecule is O=C(O)C1CCCN(C(=O)NCc2csc(-c3ccco3)n2)C1. The summed E-state index contributed by atoms with van der Waals surface area (Å²) in [5.41, 5.74) is 0.751. The lowest BCUT2D eigenvalue weighted by Crippen LogP contribution is -2.46. The van der Waals surface area contributed by atoms with E-state index in [0.29, 0.717) is 31.7 Å². The molecule has 0 radical (unpaired) electrons. The molecule has 0 spiro atoms. The average molecular weight is 335 g/mol. The Bertz CT molecular complexity index is 683. The van der Waals surface area contributed by atoms with Gasteiger partial charge >= 0.3 is 12.0 Å². The summed E-state index contributed by atoms with van der Waals surface area (Å²) >= 11 is 1.45. The number of furan rings is 1. The molecule has 2 aromatic heterocycles. The Hall–Kier alpha value is -2.35. The van der Waals surface area contributed by atoms with Gasteiger partial charge in [-0.25, -0.2) is 9.78 Å². The maximum atomic E-state index is 12.2. The normalized spacial score (nSPS) is 17.9. The molecule has 1 unspecified atom stereocenters. The van der Waals surface area contributed by atoms with Crippen LogP contribution in [0, 0.1) is 5.92 Å². The van der Waals surface area contributed by atoms with Gasteiger partial charge in [0.25, 0.3) is 0 Å². The molecule has 1 aliphatic rings. The maximum absolute atomic E-state index is 12.2. The Morgan fingerprint density at radius 1 is 1.52 bits per heavy atom. The van der Waals surface area contributed by atoms with Crippen LogP contribution in [0.2, 0.25) is 0 Å². The first kappa shape index (κ1) is 15.5. The second-order valence-corrected chi connectivity index (χ2v) is 6.26. The van der Waals surface area contributed by atoms with Crippen LogP contribution in [0.4, 0.5) is 4.79 Å². The lowest BCUT2D eigenvalue weighted by molar-refractivity contribution is -0.143. The third kappa shape index (κ3) is 3.70. The lowest BCUT2D eigenvalue weighted by Gasteiger charge is -2.30. The number of hydrogen-bond acceptors (Lipinski definition) is 5. The molecule has 3 rings (SSSR count). The molecule has 1 fully saturated rings. The van der Waals surface area contributed by atoms with Gasteiger partial charge in [0, 0.05) is 18.5 Å². The van der Waals surface area contributed by atoms with E-state index in [-0.39, 0.29) is 12.6 Å². The molecular formula is C15H17N3O4S. The van der Waals surface area contributed by atoms with Gasteiger partial charge in [-0.05, 0) is 25.0 Å². The highest BCUT2D eigenvalue weighted by atomic mass is 32.1. The summed E-state index contributed by atoms with van der Waals surface area (Å²) in [6.45, 7) is 1.16. The highest BCUT2D eigenvalue weighted by molar-refractivity contribution is 7.13. The van der Waals surface area contributed by atoms with Crippen LogP contribution in [0.5, 0.6) is 0 Å². The number of piperidine rings is 1. The van der Waals surface area contributed by atoms with Crippen molar-refractivity contribution < 1.29 is 19.1 Å². The number of aliphatic carboxylic acids is 1. The van der Waals surface area contributed by atoms with Gasteiger partial charge in [-0.3, -0.25) is 4.79 Å². The first-order chi connectivity index (χ1) is 11.1. The van der Waals surface area contributed by atoms with Gasteiger partial charge in [0.05, 0.1) is 24.4 Å². The number of likely N-dealkylation sites (tertiary alicyclic amines) is 1. The minimum absolute atomic E-state index is 0.247. The number of nitrogens with zero attached hydrogens (tertiary/aromatic N) is 2. The van der Waals surface area contributed by atoms with Gasteiger partial charge in [0.2, 0.25) is 0 Å². The van der Waals surface area contributed by atoms with Gasteiger partial charge in [-0.2, -0.15) is 0 Å². The second kappa shape index (κ2) is 6.82. The van der Waals surface area contributed by atoms with Crippen molar-refractivity contribution >= 4 is 23.3 Å². The van der Waals surface area contributed by atoms with E-state index in [4.69, 9.17) is 9.52 Å². The van der Waals surface area contributed by atoms with Gasteiger partial charge in [-0.1, -0.05) is 0 Å². The van der Waals surface area contributed by atoms with Gasteiger partial charge in [0.15, 0.2) is 10.8 Å². The van der Waals surface area contributed by atoms with Crippen LogP contribution in [0.25, 0.3) is 10.8 Å². The van der Waals surface area contributed by atoms with Gasteiger partial charge in [0.1, 0.15) is 0 Å². The first-order valence-corrected chi connectivity index (χ1v) is 8.25. The van der Waals surface area contributed by atoms with Crippen LogP contribution >= 0.6 is 11.3 Å². The van der Waals surface area contributed by atoms with Crippen LogP contribution < -0.4 is 5.32 Å². The fraction of sp³-hybridized carbons (Fsp3) is 0.400. The molecule has 3 heterocycles. The lowest BCUT2D eigenvalue weighted by atomic mass is 9.99. The average Bonchev–Trinajstić information content (AvgIpc) is 3.23. The van der Waals surface area contributed by atoms with E-state index in [2.05, 4.69) is 10.3 Å². The van der Waals surface area contributed by atoms with E-state index >= 15 is 0 Å². The quantitative estimate of drug-likeness (QED) is 0.894. The molecule has 122 valence electrons. The van der Waals surface area contributed by atoms with Crippen molar-refractivity contribution in [1.82, 2.24) is 15.2 Å². The summed E-state index contributed by atoms with van der Waals surface area (Å²) in [6, 6.07) is 3.39. The Morgan fingerprint density at radius 3 is 3.13 bits per heavy atom. The predicted molar refractivity (Wildman–Crippen MR) is 84.0 cm³/mol. The number of aromatic nitrogens is 1. The van der Waals surface area contributed by atoms with Crippen molar-refractivity contribution in [3.05, 3.63) is 29.5 Å². The number of carboxylic acids is 1. The summed E-state index contributed by atoms with van der Waals surface area (Å²) in [5.74, 6) is -0.614. The molecule has 23 heavy (non-hydrogen) atoms. The van der Waals surface area contributed by atoms with E-state index in [1.807, 2.05) is 11.4 Å². The molecule has 0 saturated carbocycles. The Labute approximate surface area is 136 Å². The standard InChI is InChI=1S/C15H17N3O4S/c19-14(20)10-3-1-5-18(8-10)15(21)16-7-11-9-23-13(17-11)12-4-2-6-22-12/h2,4,6,9-10H,1,3,5,7-8H2,(H,16,21)(H,19,20). The zero-order chi connectivity index (χ0) is 16.2. The molecule has 0 aliphatic carbocycles. The number of rotatable bonds is 4. The molecule has 1 atom stereocenters. The molecule has 2 aromatic rings. The fourth-order valence-corrected chi connectivity index (χ4v) is 3.33. The van der Waals surface area contributed by atoms with Crippen molar-refractivity contribution in [2.75, 3.05) is 13.1 Å². The highest BCUT2D eigenvalue weighted by Gasteiger charge is 2.28. The number of thiazole rings is 1. The van der Waals surface area contributed by atoms with Crippen LogP contribution in [-0.2, 0) is 11.3 Å². The molecular weight excluding hydrogens is 318 g/mol. The number of carbonyl (C=O) groups is 2. The monoisotopic (exact) mass is 335 g/mol. The molecule has 1 saturated heterocycles. The Kier molecular flexibility index (Phi) is 4.61. The predicted octanol–water partition coefficient (Wildman–Crippen LogP) is 2.41. The van der Waals surface area contributed by atoms with E-state index in [0.717, 1.165) is 10.7 Å². The Balaban J connectivity index is 1.54. The van der Waals surface area contributed by atoms with Crippen LogP contribution in [0.3, 0.4) is 0 Å². The number of carboxylic acid groups (broad SMARTS) is 1. The second-order valence-electron chi connectivity index (χ2n) is 5.40. The molecule has 2 amide bonds. The molecule has 0 bridgehead atoms. The van der Waals surface area contributed by atoms with Crippen molar-refractivity contribution in [3.8, 4) is 10.8 Å². The van der Waals surface area contributed by atoms with Gasteiger partial charge < -0.3 is 19.7 Å². The number of urea groups is 1. The number of hydrogen-bond donors (Lipinski definition) is 2. The van der Waals surface area contributed by atoms with Crippen molar-refractivity contribution in [1.29, 1.82) is 0 Å². The summed E-state index contributed by atoms with van der Waals surface area (Å²) < 4.78 is 5.28. The van der Waals surface area contributed by atoms with Crippen molar-refractivity contribution in [2.45, 2.75) is 19.4 Å². The zero-order valence-corrected chi connectivity index (χ0v) is 13.2. The number of amides is 2. The fourth-order valence-electron chi connectivity index (χ4n) is 2.54. The third-order valence-electron chi connectivity index (χ3n) is 3.76. The minimum Gasteiger partial charge on any atom is -0.481 e. The van der Waals surface area contributed by atoms with Crippen LogP contribution in [-0.4, -0.2) is 40.1 Å². The van der Waals surface area contributed by atoms with E-state index in [1.165, 1.54) is 11.3 Å². The van der Waals surface area contributed by atoms with Crippen molar-refractivity contribution in [3.63, 3.8) is 0 Å². The molecule has 2 N–H and O–H groups in total. The van der Waals surface area contributed by atoms with E-state index in [9.17, 15) is 9.59 Å². The van der Waals surface area contributed by atoms with Gasteiger partial charge in [-0.15, -0.1) is 11.3 Å². The maximum Gasteiger partial charge on any atom is 0.317 e. The smallest absolute Gasteiger partial charge is 0.317 e.